The molecule has 0 aliphatic heterocycles. The van der Waals surface area contributed by atoms with E-state index >= 15 is 0 Å². The van der Waals surface area contributed by atoms with Crippen LogP contribution in [0.1, 0.15) is 27.9 Å². The fraction of sp³-hybridized carbons (Fsp3) is 0.200. The molecule has 1 aliphatic rings. The number of carbonyl (C=O) groups excluding carboxylic acids is 1. The molecular formula is C20H18N2O2S. The van der Waals surface area contributed by atoms with Crippen LogP contribution in [0.15, 0.2) is 59.3 Å². The third kappa shape index (κ3) is 3.56. The number of benzene rings is 1. The highest BCUT2D eigenvalue weighted by atomic mass is 32.1. The van der Waals surface area contributed by atoms with Crippen molar-refractivity contribution < 1.29 is 9.53 Å². The summed E-state index contributed by atoms with van der Waals surface area (Å²) in [5.41, 5.74) is 3.87. The minimum absolute atomic E-state index is 0.136. The highest BCUT2D eigenvalue weighted by Gasteiger charge is 2.22. The number of ether oxygens (including phenoxy) is 1. The van der Waals surface area contributed by atoms with E-state index < -0.39 is 0 Å². The van der Waals surface area contributed by atoms with Gasteiger partial charge in [-0.2, -0.15) is 11.3 Å². The summed E-state index contributed by atoms with van der Waals surface area (Å²) in [6, 6.07) is 7.82. The van der Waals surface area contributed by atoms with Crippen LogP contribution >= 0.6 is 11.3 Å². The normalized spacial score (nSPS) is 15.4. The number of allylic oxidation sites excluding steroid dienone is 1. The van der Waals surface area contributed by atoms with Gasteiger partial charge in [-0.3, -0.25) is 4.79 Å². The first-order valence-corrected chi connectivity index (χ1v) is 9.23. The van der Waals surface area contributed by atoms with Gasteiger partial charge in [0.25, 0.3) is 0 Å². The molecule has 4 rings (SSSR count). The summed E-state index contributed by atoms with van der Waals surface area (Å²) in [4.78, 5) is 16.7. The monoisotopic (exact) mass is 350 g/mol. The lowest BCUT2D eigenvalue weighted by Crippen LogP contribution is -2.14. The van der Waals surface area contributed by atoms with E-state index in [1.165, 1.54) is 0 Å². The lowest BCUT2D eigenvalue weighted by molar-refractivity contribution is 0.102. The summed E-state index contributed by atoms with van der Waals surface area (Å²) in [5, 5.41) is 4.09. The molecule has 2 heterocycles. The van der Waals surface area contributed by atoms with Crippen LogP contribution in [0.25, 0.3) is 6.08 Å². The van der Waals surface area contributed by atoms with Gasteiger partial charge in [0, 0.05) is 23.5 Å². The number of nitrogens with zero attached hydrogens (tertiary/aromatic N) is 2. The standard InChI is InChI=1S/C20H18N2O2S/c23-20-17(11-15-5-10-25-13-15)2-1-16-12-18(3-4-19(16)20)24-9-8-22-7-6-21-14-22/h3-7,10-14H,1-2,8-9H2/b17-11-. The quantitative estimate of drug-likeness (QED) is 0.647. The van der Waals surface area contributed by atoms with Crippen molar-refractivity contribution >= 4 is 23.2 Å². The molecule has 2 aromatic heterocycles. The van der Waals surface area contributed by atoms with Gasteiger partial charge in [-0.15, -0.1) is 0 Å². The lowest BCUT2D eigenvalue weighted by atomic mass is 9.86. The zero-order valence-electron chi connectivity index (χ0n) is 13.7. The van der Waals surface area contributed by atoms with E-state index in [2.05, 4.69) is 10.4 Å². The smallest absolute Gasteiger partial charge is 0.189 e. The number of thiophene rings is 1. The van der Waals surface area contributed by atoms with Crippen molar-refractivity contribution in [1.82, 2.24) is 9.55 Å². The van der Waals surface area contributed by atoms with Crippen LogP contribution in [0.4, 0.5) is 0 Å². The summed E-state index contributed by atoms with van der Waals surface area (Å²) in [5.74, 6) is 0.953. The Morgan fingerprint density at radius 2 is 2.24 bits per heavy atom. The van der Waals surface area contributed by atoms with Gasteiger partial charge in [0.15, 0.2) is 5.78 Å². The fourth-order valence-corrected chi connectivity index (χ4v) is 3.65. The van der Waals surface area contributed by atoms with Crippen LogP contribution in [0.2, 0.25) is 0 Å². The van der Waals surface area contributed by atoms with Crippen molar-refractivity contribution in [2.75, 3.05) is 6.61 Å². The van der Waals surface area contributed by atoms with E-state index in [0.717, 1.165) is 47.4 Å². The zero-order chi connectivity index (χ0) is 17.1. The molecule has 0 saturated heterocycles. The molecule has 1 aromatic carbocycles. The molecule has 3 aromatic rings. The number of rotatable bonds is 5. The summed E-state index contributed by atoms with van der Waals surface area (Å²) in [7, 11) is 0. The molecule has 126 valence electrons. The molecule has 0 N–H and O–H groups in total. The Bertz CT molecular complexity index is 896. The van der Waals surface area contributed by atoms with Gasteiger partial charge in [-0.1, -0.05) is 0 Å². The second-order valence-corrected chi connectivity index (χ2v) is 6.80. The summed E-state index contributed by atoms with van der Waals surface area (Å²) in [6.45, 7) is 1.33. The predicted octanol–water partition coefficient (Wildman–Crippen LogP) is 4.24. The van der Waals surface area contributed by atoms with Crippen LogP contribution in [0.5, 0.6) is 5.75 Å². The second kappa shape index (κ2) is 7.07. The Balaban J connectivity index is 1.46. The van der Waals surface area contributed by atoms with Gasteiger partial charge in [-0.05, 0) is 65.1 Å². The Kier molecular flexibility index (Phi) is 4.48. The second-order valence-electron chi connectivity index (χ2n) is 6.02. The molecule has 0 spiro atoms. The van der Waals surface area contributed by atoms with E-state index in [-0.39, 0.29) is 5.78 Å². The first kappa shape index (κ1) is 15.8. The Morgan fingerprint density at radius 1 is 1.28 bits per heavy atom. The minimum Gasteiger partial charge on any atom is -0.492 e. The van der Waals surface area contributed by atoms with Crippen LogP contribution < -0.4 is 4.74 Å². The fourth-order valence-electron chi connectivity index (χ4n) is 3.03. The van der Waals surface area contributed by atoms with Crippen LogP contribution in [-0.2, 0) is 13.0 Å². The first-order valence-electron chi connectivity index (χ1n) is 8.28. The maximum Gasteiger partial charge on any atom is 0.189 e. The molecule has 0 fully saturated rings. The Hall–Kier alpha value is -2.66. The number of hydrogen-bond donors (Lipinski definition) is 0. The minimum atomic E-state index is 0.136. The molecule has 0 bridgehead atoms. The largest absolute Gasteiger partial charge is 0.492 e. The number of hydrogen-bond acceptors (Lipinski definition) is 4. The van der Waals surface area contributed by atoms with E-state index in [0.29, 0.717) is 6.61 Å². The third-order valence-electron chi connectivity index (χ3n) is 4.34. The number of ketones is 1. The number of fused-ring (bicyclic) bond motifs is 1. The number of imidazole rings is 1. The molecule has 0 saturated carbocycles. The lowest BCUT2D eigenvalue weighted by Gasteiger charge is -2.18. The summed E-state index contributed by atoms with van der Waals surface area (Å²) >= 11 is 1.65. The molecule has 0 radical (unpaired) electrons. The van der Waals surface area contributed by atoms with E-state index in [4.69, 9.17) is 4.74 Å². The van der Waals surface area contributed by atoms with Crippen molar-refractivity contribution in [1.29, 1.82) is 0 Å². The first-order chi connectivity index (χ1) is 12.3. The van der Waals surface area contributed by atoms with Gasteiger partial charge in [0.1, 0.15) is 12.4 Å². The van der Waals surface area contributed by atoms with Crippen LogP contribution in [-0.4, -0.2) is 21.9 Å². The van der Waals surface area contributed by atoms with Crippen molar-refractivity contribution in [2.45, 2.75) is 19.4 Å². The molecule has 0 amide bonds. The van der Waals surface area contributed by atoms with Crippen molar-refractivity contribution in [3.8, 4) is 5.75 Å². The topological polar surface area (TPSA) is 44.1 Å². The number of Topliss-reactive ketones (excluding diaryl/α,β-unsaturated/α-hetero) is 1. The molecule has 1 aliphatic carbocycles. The van der Waals surface area contributed by atoms with Gasteiger partial charge in [0.05, 0.1) is 12.9 Å². The summed E-state index contributed by atoms with van der Waals surface area (Å²) in [6.07, 6.45) is 9.10. The van der Waals surface area contributed by atoms with Crippen molar-refractivity contribution in [3.05, 3.63) is 76.0 Å². The third-order valence-corrected chi connectivity index (χ3v) is 5.04. The highest BCUT2D eigenvalue weighted by Crippen LogP contribution is 2.29. The zero-order valence-corrected chi connectivity index (χ0v) is 14.5. The molecule has 4 nitrogen and oxygen atoms in total. The van der Waals surface area contributed by atoms with Gasteiger partial charge >= 0.3 is 0 Å². The van der Waals surface area contributed by atoms with E-state index in [9.17, 15) is 4.79 Å². The van der Waals surface area contributed by atoms with Gasteiger partial charge in [0.2, 0.25) is 0 Å². The van der Waals surface area contributed by atoms with Crippen LogP contribution in [0.3, 0.4) is 0 Å². The Morgan fingerprint density at radius 3 is 3.04 bits per heavy atom. The van der Waals surface area contributed by atoms with E-state index in [1.807, 2.05) is 46.5 Å². The highest BCUT2D eigenvalue weighted by molar-refractivity contribution is 7.08. The molecule has 0 atom stereocenters. The van der Waals surface area contributed by atoms with Crippen LogP contribution in [0, 0.1) is 0 Å². The molecular weight excluding hydrogens is 332 g/mol. The molecule has 25 heavy (non-hydrogen) atoms. The SMILES string of the molecule is O=C1/C(=C\c2ccsc2)CCc2cc(OCCn3ccnc3)ccc21. The number of carbonyl (C=O) groups is 1. The predicted molar refractivity (Wildman–Crippen MR) is 99.1 cm³/mol. The van der Waals surface area contributed by atoms with Crippen molar-refractivity contribution in [2.24, 2.45) is 0 Å². The number of aryl methyl sites for hydroxylation is 1. The Labute approximate surface area is 150 Å². The maximum atomic E-state index is 12.7. The van der Waals surface area contributed by atoms with E-state index in [1.54, 1.807) is 23.9 Å². The van der Waals surface area contributed by atoms with Gasteiger partial charge < -0.3 is 9.30 Å². The average Bonchev–Trinajstić information content (AvgIpc) is 3.31. The average molecular weight is 350 g/mol. The maximum absolute atomic E-state index is 12.7. The van der Waals surface area contributed by atoms with Gasteiger partial charge in [-0.25, -0.2) is 4.98 Å². The summed E-state index contributed by atoms with van der Waals surface area (Å²) < 4.78 is 7.80. The number of aromatic nitrogens is 2. The van der Waals surface area contributed by atoms with Crippen molar-refractivity contribution in [3.63, 3.8) is 0 Å². The molecule has 5 heteroatoms. The molecule has 0 unspecified atom stereocenters.